The van der Waals surface area contributed by atoms with E-state index in [-0.39, 0.29) is 18.2 Å². The molecular weight excluding hydrogens is 312 g/mol. The predicted octanol–water partition coefficient (Wildman–Crippen LogP) is 0.826. The molecule has 1 rings (SSSR count). The Morgan fingerprint density at radius 1 is 1.45 bits per heavy atom. The van der Waals surface area contributed by atoms with Gasteiger partial charge in [0.2, 0.25) is 0 Å². The van der Waals surface area contributed by atoms with Crippen LogP contribution in [0.4, 0.5) is 10.5 Å². The lowest BCUT2D eigenvalue weighted by molar-refractivity contribution is 0.0530. The van der Waals surface area contributed by atoms with Gasteiger partial charge in [-0.25, -0.2) is 9.48 Å². The van der Waals surface area contributed by atoms with Gasteiger partial charge >= 0.3 is 6.09 Å². The van der Waals surface area contributed by atoms with E-state index in [1.807, 2.05) is 0 Å². The van der Waals surface area contributed by atoms with Crippen molar-refractivity contribution in [2.75, 3.05) is 25.0 Å². The molecule has 0 aromatic carbocycles. The topological polar surface area (TPSA) is 105 Å². The number of aromatic nitrogens is 2. The lowest BCUT2D eigenvalue weighted by atomic mass is 10.2. The Kier molecular flexibility index (Phi) is 6.63. The van der Waals surface area contributed by atoms with Gasteiger partial charge in [0.25, 0.3) is 5.56 Å². The summed E-state index contributed by atoms with van der Waals surface area (Å²) in [6.45, 7) is 5.86. The summed E-state index contributed by atoms with van der Waals surface area (Å²) in [5.74, 6) is 0. The maximum atomic E-state index is 11.8. The Balaban J connectivity index is 2.48. The van der Waals surface area contributed by atoms with E-state index >= 15 is 0 Å². The highest BCUT2D eigenvalue weighted by Gasteiger charge is 2.15. The third-order valence-corrected chi connectivity index (χ3v) is 2.77. The summed E-state index contributed by atoms with van der Waals surface area (Å²) in [6, 6.07) is 0. The first kappa shape index (κ1) is 18.2. The molecule has 0 aliphatic carbocycles. The molecule has 0 saturated heterocycles. The monoisotopic (exact) mass is 332 g/mol. The van der Waals surface area contributed by atoms with Gasteiger partial charge in [0.05, 0.1) is 25.0 Å². The average molecular weight is 333 g/mol. The van der Waals surface area contributed by atoms with Gasteiger partial charge in [0.1, 0.15) is 10.6 Å². The number of amides is 1. The molecule has 0 atom stereocenters. The van der Waals surface area contributed by atoms with Crippen LogP contribution in [-0.2, 0) is 11.3 Å². The number of halogens is 1. The number of aliphatic hydroxyl groups excluding tert-OH is 1. The zero-order valence-corrected chi connectivity index (χ0v) is 13.6. The highest BCUT2D eigenvalue weighted by Crippen LogP contribution is 2.14. The van der Waals surface area contributed by atoms with E-state index in [0.717, 1.165) is 4.68 Å². The molecule has 124 valence electrons. The van der Waals surface area contributed by atoms with E-state index < -0.39 is 17.3 Å². The number of nitrogens with one attached hydrogen (secondary N) is 2. The molecule has 0 saturated carbocycles. The molecule has 1 aromatic heterocycles. The molecule has 1 heterocycles. The summed E-state index contributed by atoms with van der Waals surface area (Å²) in [6.07, 6.45) is 0.879. The number of ether oxygens (including phenoxy) is 1. The van der Waals surface area contributed by atoms with Gasteiger partial charge in [0, 0.05) is 13.1 Å². The molecule has 22 heavy (non-hydrogen) atoms. The standard InChI is InChI=1S/C13H21ClN4O4/c1-13(2,3)22-12(21)16-5-4-15-9-8-17-18(6-7-19)11(20)10(9)14/h8,15,19H,4-7H2,1-3H3,(H,16,21). The molecule has 0 aliphatic heterocycles. The summed E-state index contributed by atoms with van der Waals surface area (Å²) in [7, 11) is 0. The summed E-state index contributed by atoms with van der Waals surface area (Å²) in [5.41, 5.74) is -0.672. The van der Waals surface area contributed by atoms with Crippen molar-refractivity contribution in [2.24, 2.45) is 0 Å². The third kappa shape index (κ3) is 5.90. The Morgan fingerprint density at radius 3 is 2.73 bits per heavy atom. The molecule has 8 nitrogen and oxygen atoms in total. The molecular formula is C13H21ClN4O4. The molecule has 0 aliphatic rings. The smallest absolute Gasteiger partial charge is 0.407 e. The lowest BCUT2D eigenvalue weighted by Gasteiger charge is -2.19. The lowest BCUT2D eigenvalue weighted by Crippen LogP contribution is -2.35. The van der Waals surface area contributed by atoms with Crippen LogP contribution in [0.1, 0.15) is 20.8 Å². The molecule has 0 bridgehead atoms. The van der Waals surface area contributed by atoms with Crippen LogP contribution < -0.4 is 16.2 Å². The minimum absolute atomic E-state index is 0.0132. The van der Waals surface area contributed by atoms with Gasteiger partial charge in [-0.1, -0.05) is 11.6 Å². The number of anilines is 1. The van der Waals surface area contributed by atoms with Gasteiger partial charge in [-0.3, -0.25) is 4.79 Å². The Labute approximate surface area is 133 Å². The van der Waals surface area contributed by atoms with Crippen LogP contribution >= 0.6 is 11.6 Å². The number of hydrogen-bond donors (Lipinski definition) is 3. The Bertz CT molecular complexity index is 568. The second-order valence-corrected chi connectivity index (χ2v) is 5.86. The van der Waals surface area contributed by atoms with Gasteiger partial charge in [-0.05, 0) is 20.8 Å². The molecule has 9 heteroatoms. The van der Waals surface area contributed by atoms with Crippen molar-refractivity contribution in [3.8, 4) is 0 Å². The highest BCUT2D eigenvalue weighted by molar-refractivity contribution is 6.32. The molecule has 0 fully saturated rings. The molecule has 0 unspecified atom stereocenters. The number of carbonyl (C=O) groups is 1. The van der Waals surface area contributed by atoms with E-state index in [0.29, 0.717) is 18.8 Å². The molecule has 1 amide bonds. The van der Waals surface area contributed by atoms with Crippen molar-refractivity contribution < 1.29 is 14.6 Å². The van der Waals surface area contributed by atoms with E-state index in [4.69, 9.17) is 21.4 Å². The maximum absolute atomic E-state index is 11.8. The second kappa shape index (κ2) is 8.00. The Morgan fingerprint density at radius 2 is 2.14 bits per heavy atom. The van der Waals surface area contributed by atoms with Crippen LogP contribution in [0.2, 0.25) is 5.02 Å². The van der Waals surface area contributed by atoms with Crippen molar-refractivity contribution in [1.82, 2.24) is 15.1 Å². The van der Waals surface area contributed by atoms with Crippen LogP contribution in [0.15, 0.2) is 11.0 Å². The SMILES string of the molecule is CC(C)(C)OC(=O)NCCNc1cnn(CCO)c(=O)c1Cl. The quantitative estimate of drug-likeness (QED) is 0.666. The van der Waals surface area contributed by atoms with Crippen molar-refractivity contribution in [1.29, 1.82) is 0 Å². The highest BCUT2D eigenvalue weighted by atomic mass is 35.5. The zero-order chi connectivity index (χ0) is 16.8. The minimum Gasteiger partial charge on any atom is -0.444 e. The van der Waals surface area contributed by atoms with E-state index in [1.54, 1.807) is 20.8 Å². The molecule has 0 radical (unpaired) electrons. The number of alkyl carbamates (subject to hydrolysis) is 1. The first-order valence-electron chi connectivity index (χ1n) is 6.82. The number of hydrogen-bond acceptors (Lipinski definition) is 6. The third-order valence-electron chi connectivity index (χ3n) is 2.41. The van der Waals surface area contributed by atoms with Crippen molar-refractivity contribution in [3.05, 3.63) is 21.6 Å². The van der Waals surface area contributed by atoms with Crippen LogP contribution in [0, 0.1) is 0 Å². The number of carbonyl (C=O) groups excluding carboxylic acids is 1. The second-order valence-electron chi connectivity index (χ2n) is 5.48. The largest absolute Gasteiger partial charge is 0.444 e. The normalized spacial score (nSPS) is 11.1. The summed E-state index contributed by atoms with van der Waals surface area (Å²) in [4.78, 5) is 23.2. The van der Waals surface area contributed by atoms with Gasteiger partial charge < -0.3 is 20.5 Å². The van der Waals surface area contributed by atoms with Gasteiger partial charge in [-0.2, -0.15) is 5.10 Å². The van der Waals surface area contributed by atoms with Crippen molar-refractivity contribution in [2.45, 2.75) is 32.9 Å². The van der Waals surface area contributed by atoms with Crippen LogP contribution in [0.3, 0.4) is 0 Å². The van der Waals surface area contributed by atoms with E-state index in [2.05, 4.69) is 15.7 Å². The summed E-state index contributed by atoms with van der Waals surface area (Å²) < 4.78 is 6.16. The van der Waals surface area contributed by atoms with Crippen molar-refractivity contribution >= 4 is 23.4 Å². The summed E-state index contributed by atoms with van der Waals surface area (Å²) in [5, 5.41) is 18.1. The van der Waals surface area contributed by atoms with E-state index in [9.17, 15) is 9.59 Å². The molecule has 3 N–H and O–H groups in total. The molecule has 1 aromatic rings. The van der Waals surface area contributed by atoms with Crippen LogP contribution in [-0.4, -0.2) is 46.3 Å². The predicted molar refractivity (Wildman–Crippen MR) is 83.3 cm³/mol. The maximum Gasteiger partial charge on any atom is 0.407 e. The van der Waals surface area contributed by atoms with Crippen LogP contribution in [0.25, 0.3) is 0 Å². The van der Waals surface area contributed by atoms with Crippen LogP contribution in [0.5, 0.6) is 0 Å². The first-order valence-corrected chi connectivity index (χ1v) is 7.19. The zero-order valence-electron chi connectivity index (χ0n) is 12.9. The summed E-state index contributed by atoms with van der Waals surface area (Å²) >= 11 is 5.93. The average Bonchev–Trinajstić information content (AvgIpc) is 2.40. The Hall–Kier alpha value is -1.80. The fraction of sp³-hybridized carbons (Fsp3) is 0.615. The van der Waals surface area contributed by atoms with Gasteiger partial charge in [-0.15, -0.1) is 0 Å². The molecule has 0 spiro atoms. The number of rotatable bonds is 6. The fourth-order valence-corrected chi connectivity index (χ4v) is 1.73. The number of aliphatic hydroxyl groups is 1. The minimum atomic E-state index is -0.554. The van der Waals surface area contributed by atoms with Gasteiger partial charge in [0.15, 0.2) is 0 Å². The van der Waals surface area contributed by atoms with E-state index in [1.165, 1.54) is 6.20 Å². The number of nitrogens with zero attached hydrogens (tertiary/aromatic N) is 2. The fourth-order valence-electron chi connectivity index (χ4n) is 1.52. The first-order chi connectivity index (χ1) is 10.2. The van der Waals surface area contributed by atoms with Crippen molar-refractivity contribution in [3.63, 3.8) is 0 Å².